The van der Waals surface area contributed by atoms with Gasteiger partial charge in [-0.25, -0.2) is 13.1 Å². The first-order valence-corrected chi connectivity index (χ1v) is 5.24. The second kappa shape index (κ2) is 5.47. The van der Waals surface area contributed by atoms with Crippen molar-refractivity contribution in [2.24, 2.45) is 0 Å². The van der Waals surface area contributed by atoms with Crippen LogP contribution in [0.2, 0.25) is 0 Å². The van der Waals surface area contributed by atoms with Crippen LogP contribution in [0.15, 0.2) is 0 Å². The largest absolute Gasteiger partial charge is 0.355 e. The summed E-state index contributed by atoms with van der Waals surface area (Å²) in [6, 6.07) is 0. The maximum absolute atomic E-state index is 10.9. The Morgan fingerprint density at radius 2 is 1.83 bits per heavy atom. The lowest BCUT2D eigenvalue weighted by molar-refractivity contribution is -0.0960. The molecule has 6 heteroatoms. The lowest BCUT2D eigenvalue weighted by Crippen LogP contribution is -2.34. The molecule has 0 saturated heterocycles. The Labute approximate surface area is 73.1 Å². The third kappa shape index (κ3) is 4.66. The fraction of sp³-hybridized carbons (Fsp3) is 1.00. The Morgan fingerprint density at radius 1 is 1.33 bits per heavy atom. The van der Waals surface area contributed by atoms with Gasteiger partial charge in [-0.3, -0.25) is 0 Å². The summed E-state index contributed by atoms with van der Waals surface area (Å²) in [5.74, 6) is 0.0626. The van der Waals surface area contributed by atoms with Crippen LogP contribution < -0.4 is 4.72 Å². The summed E-state index contributed by atoms with van der Waals surface area (Å²) in [7, 11) is -0.239. The van der Waals surface area contributed by atoms with E-state index < -0.39 is 16.3 Å². The molecule has 0 fully saturated rings. The van der Waals surface area contributed by atoms with Crippen molar-refractivity contribution in [1.82, 2.24) is 4.72 Å². The molecule has 1 N–H and O–H groups in total. The summed E-state index contributed by atoms with van der Waals surface area (Å²) >= 11 is 0. The predicted octanol–water partition coefficient (Wildman–Crippen LogP) is -0.455. The minimum Gasteiger partial charge on any atom is -0.355 e. The molecule has 0 unspecified atom stereocenters. The Morgan fingerprint density at radius 3 is 2.17 bits per heavy atom. The molecule has 74 valence electrons. The first-order chi connectivity index (χ1) is 5.55. The second-order valence-electron chi connectivity index (χ2n) is 2.15. The quantitative estimate of drug-likeness (QED) is 0.585. The highest BCUT2D eigenvalue weighted by Gasteiger charge is 2.10. The average Bonchev–Trinajstić information content (AvgIpc) is 2.06. The summed E-state index contributed by atoms with van der Waals surface area (Å²) < 4.78 is 33.7. The van der Waals surface area contributed by atoms with Gasteiger partial charge in [0, 0.05) is 14.2 Å². The zero-order valence-electron chi connectivity index (χ0n) is 7.53. The fourth-order valence-corrected chi connectivity index (χ4v) is 1.15. The average molecular weight is 197 g/mol. The first-order valence-electron chi connectivity index (χ1n) is 3.58. The standard InChI is InChI=1S/C6H15NO4S/c1-4-12(8,9)7-5-6(10-2)11-3/h6-7H,4-5H2,1-3H3. The maximum atomic E-state index is 10.9. The van der Waals surface area contributed by atoms with Gasteiger partial charge in [-0.05, 0) is 6.92 Å². The van der Waals surface area contributed by atoms with Crippen LogP contribution in [0, 0.1) is 0 Å². The van der Waals surface area contributed by atoms with Crippen molar-refractivity contribution in [2.45, 2.75) is 13.2 Å². The van der Waals surface area contributed by atoms with Gasteiger partial charge in [0.15, 0.2) is 6.29 Å². The van der Waals surface area contributed by atoms with Crippen LogP contribution in [0.3, 0.4) is 0 Å². The van der Waals surface area contributed by atoms with Crippen molar-refractivity contribution in [3.63, 3.8) is 0 Å². The van der Waals surface area contributed by atoms with Crippen LogP contribution in [-0.4, -0.2) is 41.2 Å². The molecule has 0 aromatic heterocycles. The van der Waals surface area contributed by atoms with Gasteiger partial charge in [-0.15, -0.1) is 0 Å². The molecule has 0 aliphatic carbocycles. The van der Waals surface area contributed by atoms with Gasteiger partial charge in [0.2, 0.25) is 10.0 Å². The van der Waals surface area contributed by atoms with Gasteiger partial charge >= 0.3 is 0 Å². The topological polar surface area (TPSA) is 64.6 Å². The Bertz CT molecular complexity index is 198. The van der Waals surface area contributed by atoms with Crippen LogP contribution >= 0.6 is 0 Å². The Kier molecular flexibility index (Phi) is 5.39. The number of nitrogens with one attached hydrogen (secondary N) is 1. The minimum absolute atomic E-state index is 0.0626. The lowest BCUT2D eigenvalue weighted by atomic mass is 10.6. The third-order valence-corrected chi connectivity index (χ3v) is 2.74. The van der Waals surface area contributed by atoms with Gasteiger partial charge in [-0.2, -0.15) is 0 Å². The molecule has 0 atom stereocenters. The summed E-state index contributed by atoms with van der Waals surface area (Å²) in [6.07, 6.45) is -0.522. The molecular formula is C6H15NO4S. The van der Waals surface area contributed by atoms with E-state index in [0.717, 1.165) is 0 Å². The Hall–Kier alpha value is -0.170. The third-order valence-electron chi connectivity index (χ3n) is 1.38. The van der Waals surface area contributed by atoms with Crippen molar-refractivity contribution >= 4 is 10.0 Å². The minimum atomic E-state index is -3.14. The number of ether oxygens (including phenoxy) is 2. The van der Waals surface area contributed by atoms with E-state index in [-0.39, 0.29) is 12.3 Å². The van der Waals surface area contributed by atoms with Gasteiger partial charge in [0.1, 0.15) is 0 Å². The van der Waals surface area contributed by atoms with Crippen molar-refractivity contribution in [1.29, 1.82) is 0 Å². The van der Waals surface area contributed by atoms with E-state index in [1.165, 1.54) is 14.2 Å². The second-order valence-corrected chi connectivity index (χ2v) is 4.25. The molecule has 0 radical (unpaired) electrons. The molecule has 0 aliphatic heterocycles. The number of sulfonamides is 1. The highest BCUT2D eigenvalue weighted by atomic mass is 32.2. The van der Waals surface area contributed by atoms with Gasteiger partial charge in [0.05, 0.1) is 12.3 Å². The van der Waals surface area contributed by atoms with E-state index in [1.54, 1.807) is 6.92 Å². The van der Waals surface area contributed by atoms with E-state index in [2.05, 4.69) is 4.72 Å². The molecule has 0 saturated carbocycles. The summed E-state index contributed by atoms with van der Waals surface area (Å²) in [4.78, 5) is 0. The maximum Gasteiger partial charge on any atom is 0.211 e. The first kappa shape index (κ1) is 11.8. The normalized spacial score (nSPS) is 12.3. The molecule has 0 aromatic carbocycles. The molecule has 0 spiro atoms. The molecule has 0 bridgehead atoms. The molecule has 0 rings (SSSR count). The van der Waals surface area contributed by atoms with Crippen LogP contribution in [0.5, 0.6) is 0 Å². The smallest absolute Gasteiger partial charge is 0.211 e. The molecule has 0 heterocycles. The molecule has 12 heavy (non-hydrogen) atoms. The highest BCUT2D eigenvalue weighted by Crippen LogP contribution is 1.90. The van der Waals surface area contributed by atoms with Crippen LogP contribution in [0.1, 0.15) is 6.92 Å². The van der Waals surface area contributed by atoms with Crippen molar-refractivity contribution in [3.8, 4) is 0 Å². The fourth-order valence-electron chi connectivity index (χ4n) is 0.560. The van der Waals surface area contributed by atoms with Crippen molar-refractivity contribution < 1.29 is 17.9 Å². The zero-order valence-corrected chi connectivity index (χ0v) is 8.35. The summed E-state index contributed by atoms with van der Waals surface area (Å²) in [5.41, 5.74) is 0. The molecule has 0 aliphatic rings. The summed E-state index contributed by atoms with van der Waals surface area (Å²) in [5, 5.41) is 0. The van der Waals surface area contributed by atoms with Gasteiger partial charge < -0.3 is 9.47 Å². The van der Waals surface area contributed by atoms with E-state index in [4.69, 9.17) is 9.47 Å². The highest BCUT2D eigenvalue weighted by molar-refractivity contribution is 7.89. The molecular weight excluding hydrogens is 182 g/mol. The lowest BCUT2D eigenvalue weighted by Gasteiger charge is -2.13. The molecule has 0 amide bonds. The van der Waals surface area contributed by atoms with Crippen LogP contribution in [0.4, 0.5) is 0 Å². The van der Waals surface area contributed by atoms with Crippen LogP contribution in [0.25, 0.3) is 0 Å². The summed E-state index contributed by atoms with van der Waals surface area (Å²) in [6.45, 7) is 1.71. The number of hydrogen-bond donors (Lipinski definition) is 1. The van der Waals surface area contributed by atoms with E-state index >= 15 is 0 Å². The van der Waals surface area contributed by atoms with Crippen molar-refractivity contribution in [2.75, 3.05) is 26.5 Å². The predicted molar refractivity (Wildman–Crippen MR) is 45.3 cm³/mol. The van der Waals surface area contributed by atoms with Crippen LogP contribution in [-0.2, 0) is 19.5 Å². The van der Waals surface area contributed by atoms with E-state index in [1.807, 2.05) is 0 Å². The van der Waals surface area contributed by atoms with Gasteiger partial charge in [0.25, 0.3) is 0 Å². The number of rotatable bonds is 6. The number of hydrogen-bond acceptors (Lipinski definition) is 4. The SMILES string of the molecule is CCS(=O)(=O)NCC(OC)OC. The van der Waals surface area contributed by atoms with Gasteiger partial charge in [-0.1, -0.05) is 0 Å². The van der Waals surface area contributed by atoms with E-state index in [0.29, 0.717) is 0 Å². The monoisotopic (exact) mass is 197 g/mol. The molecule has 5 nitrogen and oxygen atoms in total. The van der Waals surface area contributed by atoms with E-state index in [9.17, 15) is 8.42 Å². The Balaban J connectivity index is 3.81. The molecule has 0 aromatic rings. The zero-order chi connectivity index (χ0) is 9.61. The number of methoxy groups -OCH3 is 2. The van der Waals surface area contributed by atoms with Crippen molar-refractivity contribution in [3.05, 3.63) is 0 Å².